The van der Waals surface area contributed by atoms with Crippen molar-refractivity contribution in [3.63, 3.8) is 0 Å². The molecule has 1 aromatic carbocycles. The van der Waals surface area contributed by atoms with Crippen LogP contribution in [0.3, 0.4) is 0 Å². The summed E-state index contributed by atoms with van der Waals surface area (Å²) in [7, 11) is 0. The number of nitrogens with two attached hydrogens (primary N) is 1. The zero-order chi connectivity index (χ0) is 14.5. The predicted molar refractivity (Wildman–Crippen MR) is 85.9 cm³/mol. The van der Waals surface area contributed by atoms with E-state index in [1.165, 1.54) is 17.7 Å². The van der Waals surface area contributed by atoms with Crippen LogP contribution in [0.15, 0.2) is 24.3 Å². The third-order valence-corrected chi connectivity index (χ3v) is 4.53. The summed E-state index contributed by atoms with van der Waals surface area (Å²) in [5.74, 6) is 0. The lowest BCUT2D eigenvalue weighted by atomic mass is 10.0. The molecule has 1 aliphatic rings. The maximum absolute atomic E-state index is 6.37. The van der Waals surface area contributed by atoms with Gasteiger partial charge in [-0.2, -0.15) is 0 Å². The van der Waals surface area contributed by atoms with Crippen molar-refractivity contribution in [2.45, 2.75) is 39.3 Å². The Bertz CT molecular complexity index is 401. The number of nitrogens with zero attached hydrogens (tertiary/aromatic N) is 2. The minimum absolute atomic E-state index is 0.126. The number of aryl methyl sites for hydroxylation is 1. The van der Waals surface area contributed by atoms with Gasteiger partial charge in [-0.25, -0.2) is 0 Å². The van der Waals surface area contributed by atoms with E-state index in [4.69, 9.17) is 5.73 Å². The van der Waals surface area contributed by atoms with Crippen LogP contribution in [-0.4, -0.2) is 48.6 Å². The molecule has 0 aliphatic carbocycles. The van der Waals surface area contributed by atoms with E-state index in [1.807, 2.05) is 0 Å². The average molecular weight is 275 g/mol. The molecule has 0 radical (unpaired) electrons. The van der Waals surface area contributed by atoms with Crippen molar-refractivity contribution < 1.29 is 0 Å². The van der Waals surface area contributed by atoms with Crippen LogP contribution >= 0.6 is 0 Å². The Morgan fingerprint density at radius 3 is 2.45 bits per heavy atom. The van der Waals surface area contributed by atoms with E-state index in [0.717, 1.165) is 32.6 Å². The molecule has 2 rings (SSSR count). The zero-order valence-corrected chi connectivity index (χ0v) is 13.2. The highest BCUT2D eigenvalue weighted by molar-refractivity contribution is 5.25. The molecule has 0 aromatic heterocycles. The van der Waals surface area contributed by atoms with Crippen LogP contribution in [0.25, 0.3) is 0 Å². The van der Waals surface area contributed by atoms with Gasteiger partial charge >= 0.3 is 0 Å². The van der Waals surface area contributed by atoms with E-state index in [1.54, 1.807) is 0 Å². The van der Waals surface area contributed by atoms with Gasteiger partial charge < -0.3 is 5.73 Å². The smallest absolute Gasteiger partial charge is 0.0424 e. The van der Waals surface area contributed by atoms with Crippen molar-refractivity contribution in [3.8, 4) is 0 Å². The summed E-state index contributed by atoms with van der Waals surface area (Å²) < 4.78 is 0. The lowest BCUT2D eigenvalue weighted by Gasteiger charge is -2.40. The topological polar surface area (TPSA) is 32.5 Å². The number of hydrogen-bond donors (Lipinski definition) is 1. The van der Waals surface area contributed by atoms with Gasteiger partial charge in [0.05, 0.1) is 0 Å². The summed E-state index contributed by atoms with van der Waals surface area (Å²) in [4.78, 5) is 5.05. The van der Waals surface area contributed by atoms with Gasteiger partial charge in [0.2, 0.25) is 0 Å². The molecule has 0 bridgehead atoms. The van der Waals surface area contributed by atoms with E-state index in [9.17, 15) is 0 Å². The normalized spacial score (nSPS) is 22.9. The van der Waals surface area contributed by atoms with Crippen molar-refractivity contribution in [2.24, 2.45) is 5.73 Å². The first-order valence-electron chi connectivity index (χ1n) is 7.94. The first kappa shape index (κ1) is 15.5. The molecular weight excluding hydrogens is 246 g/mol. The van der Waals surface area contributed by atoms with E-state index in [-0.39, 0.29) is 6.04 Å². The van der Waals surface area contributed by atoms with Crippen LogP contribution in [-0.2, 0) is 6.42 Å². The van der Waals surface area contributed by atoms with Crippen molar-refractivity contribution in [1.82, 2.24) is 9.80 Å². The number of rotatable bonds is 5. The van der Waals surface area contributed by atoms with Crippen LogP contribution in [0.4, 0.5) is 0 Å². The van der Waals surface area contributed by atoms with E-state index in [2.05, 4.69) is 54.8 Å². The van der Waals surface area contributed by atoms with Gasteiger partial charge in [-0.15, -0.1) is 0 Å². The van der Waals surface area contributed by atoms with Gasteiger partial charge in [0.25, 0.3) is 0 Å². The molecule has 1 aromatic rings. The van der Waals surface area contributed by atoms with E-state index >= 15 is 0 Å². The summed E-state index contributed by atoms with van der Waals surface area (Å²) >= 11 is 0. The Balaban J connectivity index is 1.89. The fourth-order valence-electron chi connectivity index (χ4n) is 3.09. The third-order valence-electron chi connectivity index (χ3n) is 4.53. The summed E-state index contributed by atoms with van der Waals surface area (Å²) in [6, 6.07) is 9.55. The molecule has 0 saturated carbocycles. The SMILES string of the molecule is CCc1ccc(C(N)CN2CCN(CC)C(C)C2)cc1. The molecule has 1 saturated heterocycles. The highest BCUT2D eigenvalue weighted by Crippen LogP contribution is 2.16. The van der Waals surface area contributed by atoms with E-state index in [0.29, 0.717) is 6.04 Å². The first-order chi connectivity index (χ1) is 9.63. The Morgan fingerprint density at radius 2 is 1.90 bits per heavy atom. The Morgan fingerprint density at radius 1 is 1.20 bits per heavy atom. The highest BCUT2D eigenvalue weighted by Gasteiger charge is 2.23. The Hall–Kier alpha value is -0.900. The van der Waals surface area contributed by atoms with Crippen LogP contribution in [0.5, 0.6) is 0 Å². The second-order valence-electron chi connectivity index (χ2n) is 5.94. The number of hydrogen-bond acceptors (Lipinski definition) is 3. The van der Waals surface area contributed by atoms with Gasteiger partial charge in [-0.1, -0.05) is 38.1 Å². The molecule has 0 amide bonds. The van der Waals surface area contributed by atoms with Crippen LogP contribution < -0.4 is 5.73 Å². The number of benzene rings is 1. The molecule has 1 aliphatic heterocycles. The summed E-state index contributed by atoms with van der Waals surface area (Å²) in [5.41, 5.74) is 9.01. The molecule has 20 heavy (non-hydrogen) atoms. The van der Waals surface area contributed by atoms with Gasteiger partial charge in [-0.05, 0) is 31.0 Å². The molecule has 3 heteroatoms. The predicted octanol–water partition coefficient (Wildman–Crippen LogP) is 2.27. The molecule has 1 heterocycles. The largest absolute Gasteiger partial charge is 0.323 e. The summed E-state index contributed by atoms with van der Waals surface area (Å²) in [5, 5.41) is 0. The lowest BCUT2D eigenvalue weighted by molar-refractivity contribution is 0.0841. The molecule has 2 atom stereocenters. The molecule has 0 spiro atoms. The molecule has 3 nitrogen and oxygen atoms in total. The standard InChI is InChI=1S/C17H29N3/c1-4-15-6-8-16(9-7-15)17(18)13-19-10-11-20(5-2)14(3)12-19/h6-9,14,17H,4-5,10-13,18H2,1-3H3. The van der Waals surface area contributed by atoms with Crippen LogP contribution in [0, 0.1) is 0 Å². The van der Waals surface area contributed by atoms with Crippen molar-refractivity contribution in [1.29, 1.82) is 0 Å². The lowest BCUT2D eigenvalue weighted by Crippen LogP contribution is -2.52. The molecule has 1 fully saturated rings. The Kier molecular flexibility index (Phi) is 5.58. The summed E-state index contributed by atoms with van der Waals surface area (Å²) in [6.45, 7) is 12.3. The second kappa shape index (κ2) is 7.21. The summed E-state index contributed by atoms with van der Waals surface area (Å²) in [6.07, 6.45) is 1.09. The quantitative estimate of drug-likeness (QED) is 0.895. The van der Waals surface area contributed by atoms with Crippen LogP contribution in [0.2, 0.25) is 0 Å². The van der Waals surface area contributed by atoms with Crippen molar-refractivity contribution in [2.75, 3.05) is 32.7 Å². The second-order valence-corrected chi connectivity index (χ2v) is 5.94. The number of likely N-dealkylation sites (N-methyl/N-ethyl adjacent to an activating group) is 1. The molecule has 2 N–H and O–H groups in total. The van der Waals surface area contributed by atoms with E-state index < -0.39 is 0 Å². The molecular formula is C17H29N3. The minimum atomic E-state index is 0.126. The van der Waals surface area contributed by atoms with Gasteiger partial charge in [0, 0.05) is 38.3 Å². The number of piperazine rings is 1. The minimum Gasteiger partial charge on any atom is -0.323 e. The maximum atomic E-state index is 6.37. The third kappa shape index (κ3) is 3.81. The van der Waals surface area contributed by atoms with Crippen molar-refractivity contribution in [3.05, 3.63) is 35.4 Å². The first-order valence-corrected chi connectivity index (χ1v) is 7.94. The molecule has 2 unspecified atom stereocenters. The van der Waals surface area contributed by atoms with Gasteiger partial charge in [-0.3, -0.25) is 9.80 Å². The van der Waals surface area contributed by atoms with Gasteiger partial charge in [0.15, 0.2) is 0 Å². The highest BCUT2D eigenvalue weighted by atomic mass is 15.3. The van der Waals surface area contributed by atoms with Crippen molar-refractivity contribution >= 4 is 0 Å². The molecule has 112 valence electrons. The fraction of sp³-hybridized carbons (Fsp3) is 0.647. The maximum Gasteiger partial charge on any atom is 0.0424 e. The Labute approximate surface area is 123 Å². The van der Waals surface area contributed by atoms with Gasteiger partial charge in [0.1, 0.15) is 0 Å². The monoisotopic (exact) mass is 275 g/mol. The van der Waals surface area contributed by atoms with Crippen LogP contribution in [0.1, 0.15) is 37.9 Å². The zero-order valence-electron chi connectivity index (χ0n) is 13.2. The fourth-order valence-corrected chi connectivity index (χ4v) is 3.09. The average Bonchev–Trinajstić information content (AvgIpc) is 2.47.